The predicted molar refractivity (Wildman–Crippen MR) is 151 cm³/mol. The summed E-state index contributed by atoms with van der Waals surface area (Å²) >= 11 is 6.18. The van der Waals surface area contributed by atoms with E-state index in [1.54, 1.807) is 37.3 Å². The first-order valence-corrected chi connectivity index (χ1v) is 14.4. The van der Waals surface area contributed by atoms with E-state index in [9.17, 15) is 22.4 Å². The molecule has 0 aliphatic heterocycles. The van der Waals surface area contributed by atoms with Gasteiger partial charge in [0.1, 0.15) is 18.4 Å². The number of carbonyl (C=O) groups is 2. The van der Waals surface area contributed by atoms with Crippen LogP contribution in [-0.4, -0.2) is 44.3 Å². The van der Waals surface area contributed by atoms with Crippen molar-refractivity contribution in [2.75, 3.05) is 17.4 Å². The number of sulfonamides is 1. The SMILES string of the molecule is Cc1ccc(S(=O)(=O)N(CC(=O)N(Cc2ccc(F)cc2)C(C)C(=O)NCC(C)C)c2cccc(Cl)c2)cc1. The van der Waals surface area contributed by atoms with Crippen molar-refractivity contribution >= 4 is 39.1 Å². The topological polar surface area (TPSA) is 86.8 Å². The van der Waals surface area contributed by atoms with Crippen LogP contribution in [0.1, 0.15) is 31.9 Å². The van der Waals surface area contributed by atoms with Gasteiger partial charge in [-0.05, 0) is 67.8 Å². The van der Waals surface area contributed by atoms with Crippen LogP contribution in [0.2, 0.25) is 5.02 Å². The summed E-state index contributed by atoms with van der Waals surface area (Å²) < 4.78 is 42.1. The fourth-order valence-electron chi connectivity index (χ4n) is 3.82. The molecule has 1 N–H and O–H groups in total. The molecular formula is C29H33ClFN3O4S. The highest BCUT2D eigenvalue weighted by molar-refractivity contribution is 7.92. The van der Waals surface area contributed by atoms with Crippen molar-refractivity contribution in [2.24, 2.45) is 5.92 Å². The third kappa shape index (κ3) is 8.03. The molecule has 0 bridgehead atoms. The van der Waals surface area contributed by atoms with E-state index in [2.05, 4.69) is 5.32 Å². The minimum absolute atomic E-state index is 0.00804. The fraction of sp³-hybridized carbons (Fsp3) is 0.310. The maximum Gasteiger partial charge on any atom is 0.264 e. The van der Waals surface area contributed by atoms with Crippen molar-refractivity contribution in [1.29, 1.82) is 0 Å². The molecule has 3 rings (SSSR count). The number of benzene rings is 3. The van der Waals surface area contributed by atoms with E-state index >= 15 is 0 Å². The molecule has 3 aromatic carbocycles. The van der Waals surface area contributed by atoms with E-state index in [1.807, 2.05) is 20.8 Å². The summed E-state index contributed by atoms with van der Waals surface area (Å²) in [5.41, 5.74) is 1.67. The van der Waals surface area contributed by atoms with Gasteiger partial charge in [-0.15, -0.1) is 0 Å². The molecule has 0 aliphatic rings. The van der Waals surface area contributed by atoms with E-state index < -0.39 is 34.3 Å². The van der Waals surface area contributed by atoms with Crippen LogP contribution in [0.5, 0.6) is 0 Å². The maximum atomic E-state index is 13.8. The van der Waals surface area contributed by atoms with Crippen molar-refractivity contribution < 1.29 is 22.4 Å². The molecule has 0 spiro atoms. The second-order valence-corrected chi connectivity index (χ2v) is 12.1. The van der Waals surface area contributed by atoms with Gasteiger partial charge in [0.15, 0.2) is 0 Å². The number of nitrogens with one attached hydrogen (secondary N) is 1. The lowest BCUT2D eigenvalue weighted by molar-refractivity contribution is -0.139. The van der Waals surface area contributed by atoms with Crippen molar-refractivity contribution in [3.8, 4) is 0 Å². The van der Waals surface area contributed by atoms with Crippen molar-refractivity contribution in [3.05, 3.63) is 94.8 Å². The van der Waals surface area contributed by atoms with Gasteiger partial charge in [0, 0.05) is 18.1 Å². The van der Waals surface area contributed by atoms with Crippen molar-refractivity contribution in [2.45, 2.75) is 45.2 Å². The molecule has 0 aromatic heterocycles. The van der Waals surface area contributed by atoms with E-state index in [0.717, 1.165) is 9.87 Å². The first-order chi connectivity index (χ1) is 18.4. The first kappa shape index (κ1) is 30.1. The summed E-state index contributed by atoms with van der Waals surface area (Å²) in [7, 11) is -4.19. The van der Waals surface area contributed by atoms with Gasteiger partial charge in [0.2, 0.25) is 11.8 Å². The van der Waals surface area contributed by atoms with E-state index in [1.165, 1.54) is 47.4 Å². The van der Waals surface area contributed by atoms with E-state index in [0.29, 0.717) is 17.1 Å². The highest BCUT2D eigenvalue weighted by Crippen LogP contribution is 2.27. The number of rotatable bonds is 11. The molecule has 0 heterocycles. The number of halogens is 2. The van der Waals surface area contributed by atoms with Gasteiger partial charge in [-0.3, -0.25) is 13.9 Å². The molecule has 1 unspecified atom stereocenters. The number of anilines is 1. The van der Waals surface area contributed by atoms with Gasteiger partial charge in [0.25, 0.3) is 10.0 Å². The number of hydrogen-bond donors (Lipinski definition) is 1. The highest BCUT2D eigenvalue weighted by Gasteiger charge is 2.32. The molecule has 3 aromatic rings. The molecule has 0 saturated heterocycles. The van der Waals surface area contributed by atoms with Gasteiger partial charge in [-0.25, -0.2) is 12.8 Å². The lowest BCUT2D eigenvalue weighted by Gasteiger charge is -2.32. The molecule has 208 valence electrons. The average Bonchev–Trinajstić information content (AvgIpc) is 2.89. The second-order valence-electron chi connectivity index (χ2n) is 9.77. The summed E-state index contributed by atoms with van der Waals surface area (Å²) in [6.45, 7) is 7.13. The Hall–Kier alpha value is -3.43. The molecule has 1 atom stereocenters. The standard InChI is InChI=1S/C29H33ClFN3O4S/c1-20(2)17-32-29(36)22(4)33(18-23-10-12-25(31)13-11-23)28(35)19-34(26-7-5-6-24(30)16-26)39(37,38)27-14-8-21(3)9-15-27/h5-16,20,22H,17-19H2,1-4H3,(H,32,36). The predicted octanol–water partition coefficient (Wildman–Crippen LogP) is 5.17. The molecule has 0 aliphatic carbocycles. The Morgan fingerprint density at radius 2 is 1.62 bits per heavy atom. The van der Waals surface area contributed by atoms with E-state index in [-0.39, 0.29) is 29.0 Å². The minimum atomic E-state index is -4.19. The zero-order chi connectivity index (χ0) is 28.7. The maximum absolute atomic E-state index is 13.8. The fourth-order valence-corrected chi connectivity index (χ4v) is 5.41. The molecule has 10 heteroatoms. The lowest BCUT2D eigenvalue weighted by Crippen LogP contribution is -2.51. The Labute approximate surface area is 234 Å². The number of hydrogen-bond acceptors (Lipinski definition) is 4. The zero-order valence-corrected chi connectivity index (χ0v) is 24.0. The molecular weight excluding hydrogens is 541 g/mol. The Balaban J connectivity index is 2.01. The van der Waals surface area contributed by atoms with Crippen LogP contribution in [0.3, 0.4) is 0 Å². The largest absolute Gasteiger partial charge is 0.354 e. The number of nitrogens with zero attached hydrogens (tertiary/aromatic N) is 2. The van der Waals surface area contributed by atoms with Crippen LogP contribution in [0.15, 0.2) is 77.7 Å². The molecule has 0 radical (unpaired) electrons. The molecule has 0 fully saturated rings. The summed E-state index contributed by atoms with van der Waals surface area (Å²) in [6.07, 6.45) is 0. The molecule has 0 saturated carbocycles. The van der Waals surface area contributed by atoms with Crippen LogP contribution in [0.25, 0.3) is 0 Å². The van der Waals surface area contributed by atoms with Crippen LogP contribution in [-0.2, 0) is 26.2 Å². The normalized spacial score (nSPS) is 12.2. The van der Waals surface area contributed by atoms with Crippen molar-refractivity contribution in [3.63, 3.8) is 0 Å². The molecule has 39 heavy (non-hydrogen) atoms. The second kappa shape index (κ2) is 13.1. The van der Waals surface area contributed by atoms with Crippen LogP contribution in [0.4, 0.5) is 10.1 Å². The van der Waals surface area contributed by atoms with Crippen LogP contribution < -0.4 is 9.62 Å². The third-order valence-electron chi connectivity index (χ3n) is 6.10. The first-order valence-electron chi connectivity index (χ1n) is 12.5. The van der Waals surface area contributed by atoms with Gasteiger partial charge in [0.05, 0.1) is 10.6 Å². The molecule has 7 nitrogen and oxygen atoms in total. The number of amides is 2. The Bertz CT molecular complexity index is 1400. The quantitative estimate of drug-likeness (QED) is 0.343. The average molecular weight is 574 g/mol. The number of carbonyl (C=O) groups excluding carboxylic acids is 2. The Kier molecular flexibility index (Phi) is 10.1. The van der Waals surface area contributed by atoms with Crippen LogP contribution >= 0.6 is 11.6 Å². The summed E-state index contributed by atoms with van der Waals surface area (Å²) in [5.74, 6) is -1.23. The zero-order valence-electron chi connectivity index (χ0n) is 22.4. The monoisotopic (exact) mass is 573 g/mol. The van der Waals surface area contributed by atoms with E-state index in [4.69, 9.17) is 11.6 Å². The number of aryl methyl sites for hydroxylation is 1. The Morgan fingerprint density at radius 1 is 0.974 bits per heavy atom. The van der Waals surface area contributed by atoms with Gasteiger partial charge in [-0.1, -0.05) is 61.3 Å². The smallest absolute Gasteiger partial charge is 0.264 e. The van der Waals surface area contributed by atoms with Crippen LogP contribution in [0, 0.1) is 18.7 Å². The summed E-state index contributed by atoms with van der Waals surface area (Å²) in [5, 5.41) is 3.12. The third-order valence-corrected chi connectivity index (χ3v) is 8.13. The minimum Gasteiger partial charge on any atom is -0.354 e. The Morgan fingerprint density at radius 3 is 2.21 bits per heavy atom. The summed E-state index contributed by atoms with van der Waals surface area (Å²) in [6, 6.07) is 17.2. The van der Waals surface area contributed by atoms with Gasteiger partial charge >= 0.3 is 0 Å². The van der Waals surface area contributed by atoms with Crippen molar-refractivity contribution in [1.82, 2.24) is 10.2 Å². The molecule has 2 amide bonds. The van der Waals surface area contributed by atoms with Gasteiger partial charge < -0.3 is 10.2 Å². The van der Waals surface area contributed by atoms with Gasteiger partial charge in [-0.2, -0.15) is 0 Å². The summed E-state index contributed by atoms with van der Waals surface area (Å²) in [4.78, 5) is 28.1. The lowest BCUT2D eigenvalue weighted by atomic mass is 10.1. The highest BCUT2D eigenvalue weighted by atomic mass is 35.5.